The fraction of sp³-hybridized carbons (Fsp3) is 0.533. The second kappa shape index (κ2) is 13.6. The van der Waals surface area contributed by atoms with E-state index in [1.807, 2.05) is 24.3 Å². The molecule has 0 saturated carbocycles. The summed E-state index contributed by atoms with van der Waals surface area (Å²) in [6.07, 6.45) is -10.5. The van der Waals surface area contributed by atoms with Crippen molar-refractivity contribution < 1.29 is 54.0 Å². The van der Waals surface area contributed by atoms with E-state index in [2.05, 4.69) is 9.50 Å². The number of rotatable bonds is 8. The van der Waals surface area contributed by atoms with Gasteiger partial charge in [0.2, 0.25) is 0 Å². The lowest BCUT2D eigenvalue weighted by molar-refractivity contribution is -0.253. The molecule has 2 aromatic carbocycles. The zero-order valence-corrected chi connectivity index (χ0v) is 26.0. The summed E-state index contributed by atoms with van der Waals surface area (Å²) in [5.41, 5.74) is 1.55. The van der Waals surface area contributed by atoms with Gasteiger partial charge in [-0.2, -0.15) is 21.6 Å². The highest BCUT2D eigenvalue weighted by molar-refractivity contribution is 7.85. The van der Waals surface area contributed by atoms with Gasteiger partial charge in [0.1, 0.15) is 30.2 Å². The quantitative estimate of drug-likeness (QED) is 0.329. The molecule has 45 heavy (non-hydrogen) atoms. The highest BCUT2D eigenvalue weighted by atomic mass is 32.2. The molecule has 1 saturated heterocycles. The summed E-state index contributed by atoms with van der Waals surface area (Å²) in [5.74, 6) is -0.932. The maximum atomic E-state index is 14.1. The van der Waals surface area contributed by atoms with Crippen molar-refractivity contribution in [3.8, 4) is 0 Å². The molecule has 5 atom stereocenters. The van der Waals surface area contributed by atoms with E-state index < -0.39 is 83.3 Å². The van der Waals surface area contributed by atoms with E-state index in [-0.39, 0.29) is 13.0 Å². The predicted molar refractivity (Wildman–Crippen MR) is 153 cm³/mol. The van der Waals surface area contributed by atoms with E-state index in [1.54, 1.807) is 37.8 Å². The van der Waals surface area contributed by atoms with Crippen LogP contribution in [0.4, 0.5) is 22.4 Å². The third-order valence-electron chi connectivity index (χ3n) is 7.25. The molecule has 0 aliphatic carbocycles. The standard InChI is InChI=1S/C30H36F4N2O8S/c1-29(2,3)44-28(38)35-22-15-23(41-16-24(22)43-25(30(32,33)34)17-42-45(4,39)40)27(37)36-14-13-18-7-5-6-8-21(18)26(36)19-9-11-20(31)12-10-19/h5-12,22-26H,13-17H2,1-4H3,(H,35,38)/t22-,23+,24-,25?,26-/m0/s1. The molecule has 0 radical (unpaired) electrons. The molecule has 4 rings (SSSR count). The largest absolute Gasteiger partial charge is 0.444 e. The second-order valence-electron chi connectivity index (χ2n) is 11.9. The van der Waals surface area contributed by atoms with Crippen LogP contribution in [-0.2, 0) is 39.7 Å². The molecule has 1 fully saturated rings. The summed E-state index contributed by atoms with van der Waals surface area (Å²) >= 11 is 0. The summed E-state index contributed by atoms with van der Waals surface area (Å²) < 4.78 is 98.7. The van der Waals surface area contributed by atoms with E-state index in [0.29, 0.717) is 18.2 Å². The van der Waals surface area contributed by atoms with E-state index in [4.69, 9.17) is 14.2 Å². The number of ether oxygens (including phenoxy) is 3. The monoisotopic (exact) mass is 660 g/mol. The third kappa shape index (κ3) is 9.37. The SMILES string of the molecule is CC(C)(C)OC(=O)N[C@H]1C[C@H](C(=O)N2CCc3ccccc3[C@@H]2c2ccc(F)cc2)OC[C@@H]1OC(COS(C)(=O)=O)C(F)(F)F. The van der Waals surface area contributed by atoms with Crippen molar-refractivity contribution in [3.05, 3.63) is 71.0 Å². The third-order valence-corrected chi connectivity index (χ3v) is 7.81. The van der Waals surface area contributed by atoms with Crippen LogP contribution in [0.15, 0.2) is 48.5 Å². The van der Waals surface area contributed by atoms with Gasteiger partial charge in [-0.05, 0) is 56.0 Å². The van der Waals surface area contributed by atoms with Crippen molar-refractivity contribution >= 4 is 22.1 Å². The smallest absolute Gasteiger partial charge is 0.416 e. The Morgan fingerprint density at radius 3 is 2.38 bits per heavy atom. The Hall–Kier alpha value is -3.27. The fourth-order valence-electron chi connectivity index (χ4n) is 5.30. The van der Waals surface area contributed by atoms with Crippen molar-refractivity contribution in [2.45, 2.75) is 75.8 Å². The first-order chi connectivity index (χ1) is 20.9. The summed E-state index contributed by atoms with van der Waals surface area (Å²) in [5, 5.41) is 2.50. The number of alkyl halides is 3. The summed E-state index contributed by atoms with van der Waals surface area (Å²) in [7, 11) is -4.23. The van der Waals surface area contributed by atoms with Crippen molar-refractivity contribution in [2.24, 2.45) is 0 Å². The first kappa shape index (κ1) is 34.6. The number of alkyl carbamates (subject to hydrolysis) is 1. The van der Waals surface area contributed by atoms with Crippen LogP contribution in [0.5, 0.6) is 0 Å². The van der Waals surface area contributed by atoms with E-state index in [9.17, 15) is 35.6 Å². The van der Waals surface area contributed by atoms with Crippen LogP contribution in [0, 0.1) is 5.82 Å². The van der Waals surface area contributed by atoms with Crippen LogP contribution in [0.2, 0.25) is 0 Å². The number of halogens is 4. The number of nitrogens with one attached hydrogen (secondary N) is 1. The number of amides is 2. The van der Waals surface area contributed by atoms with Crippen LogP contribution in [0.25, 0.3) is 0 Å². The average molecular weight is 661 g/mol. The van der Waals surface area contributed by atoms with Gasteiger partial charge in [-0.25, -0.2) is 9.18 Å². The van der Waals surface area contributed by atoms with Crippen LogP contribution in [0.1, 0.15) is 49.9 Å². The van der Waals surface area contributed by atoms with E-state index in [1.165, 1.54) is 12.1 Å². The summed E-state index contributed by atoms with van der Waals surface area (Å²) in [6.45, 7) is 3.18. The van der Waals surface area contributed by atoms with E-state index in [0.717, 1.165) is 11.1 Å². The van der Waals surface area contributed by atoms with E-state index >= 15 is 0 Å². The van der Waals surface area contributed by atoms with Crippen LogP contribution < -0.4 is 5.32 Å². The van der Waals surface area contributed by atoms with Crippen molar-refractivity contribution in [1.29, 1.82) is 0 Å². The molecule has 2 aliphatic heterocycles. The number of fused-ring (bicyclic) bond motifs is 1. The topological polar surface area (TPSA) is 120 Å². The Balaban J connectivity index is 1.60. The van der Waals surface area contributed by atoms with Crippen molar-refractivity contribution in [1.82, 2.24) is 10.2 Å². The van der Waals surface area contributed by atoms with Gasteiger partial charge < -0.3 is 24.4 Å². The number of nitrogens with zero attached hydrogens (tertiary/aromatic N) is 1. The molecule has 2 heterocycles. The molecular weight excluding hydrogens is 624 g/mol. The molecule has 0 aromatic heterocycles. The molecule has 0 bridgehead atoms. The predicted octanol–water partition coefficient (Wildman–Crippen LogP) is 4.27. The number of hydrogen-bond donors (Lipinski definition) is 1. The maximum Gasteiger partial charge on any atom is 0.416 e. The first-order valence-corrected chi connectivity index (χ1v) is 16.0. The van der Waals surface area contributed by atoms with Crippen molar-refractivity contribution in [2.75, 3.05) is 26.0 Å². The highest BCUT2D eigenvalue weighted by Gasteiger charge is 2.47. The minimum Gasteiger partial charge on any atom is -0.444 e. The molecule has 0 spiro atoms. The number of hydrogen-bond acceptors (Lipinski definition) is 8. The summed E-state index contributed by atoms with van der Waals surface area (Å²) in [6, 6.07) is 11.5. The van der Waals surface area contributed by atoms with Gasteiger partial charge in [0.15, 0.2) is 6.10 Å². The average Bonchev–Trinajstić information content (AvgIpc) is 2.93. The molecule has 1 unspecified atom stereocenters. The molecule has 15 heteroatoms. The van der Waals surface area contributed by atoms with Gasteiger partial charge in [0, 0.05) is 13.0 Å². The first-order valence-electron chi connectivity index (χ1n) is 14.2. The lowest BCUT2D eigenvalue weighted by Crippen LogP contribution is -2.58. The Labute approximate surface area is 259 Å². The fourth-order valence-corrected chi connectivity index (χ4v) is 5.67. The van der Waals surface area contributed by atoms with Gasteiger partial charge in [-0.1, -0.05) is 36.4 Å². The lowest BCUT2D eigenvalue weighted by Gasteiger charge is -2.42. The lowest BCUT2D eigenvalue weighted by atomic mass is 9.87. The van der Waals surface area contributed by atoms with Gasteiger partial charge in [-0.15, -0.1) is 0 Å². The normalized spacial score (nSPS) is 23.2. The van der Waals surface area contributed by atoms with Crippen LogP contribution in [-0.4, -0.2) is 87.5 Å². The zero-order valence-electron chi connectivity index (χ0n) is 25.2. The Bertz CT molecular complexity index is 1460. The van der Waals surface area contributed by atoms with Gasteiger partial charge in [0.25, 0.3) is 16.0 Å². The molecular formula is C30H36F4N2O8S. The van der Waals surface area contributed by atoms with Gasteiger partial charge in [0.05, 0.1) is 24.9 Å². The number of benzene rings is 2. The molecule has 10 nitrogen and oxygen atoms in total. The van der Waals surface area contributed by atoms with Crippen LogP contribution >= 0.6 is 0 Å². The molecule has 1 N–H and O–H groups in total. The number of carbonyl (C=O) groups excluding carboxylic acids is 2. The Morgan fingerprint density at radius 1 is 1.09 bits per heavy atom. The second-order valence-corrected chi connectivity index (χ2v) is 13.6. The number of carbonyl (C=O) groups is 2. The zero-order chi connectivity index (χ0) is 33.2. The Morgan fingerprint density at radius 2 is 1.76 bits per heavy atom. The molecule has 248 valence electrons. The molecule has 2 amide bonds. The maximum absolute atomic E-state index is 14.1. The minimum absolute atomic E-state index is 0.279. The van der Waals surface area contributed by atoms with Crippen LogP contribution in [0.3, 0.4) is 0 Å². The van der Waals surface area contributed by atoms with Gasteiger partial charge in [-0.3, -0.25) is 8.98 Å². The van der Waals surface area contributed by atoms with Crippen molar-refractivity contribution in [3.63, 3.8) is 0 Å². The van der Waals surface area contributed by atoms with Gasteiger partial charge >= 0.3 is 12.3 Å². The highest BCUT2D eigenvalue weighted by Crippen LogP contribution is 2.37. The minimum atomic E-state index is -5.03. The summed E-state index contributed by atoms with van der Waals surface area (Å²) in [4.78, 5) is 28.3. The molecule has 2 aromatic rings. The molecule has 2 aliphatic rings. The Kier molecular flexibility index (Phi) is 10.5.